The number of hydrogen-bond acceptors (Lipinski definition) is 2. The van der Waals surface area contributed by atoms with Gasteiger partial charge in [0.25, 0.3) is 0 Å². The summed E-state index contributed by atoms with van der Waals surface area (Å²) in [7, 11) is 0. The fraction of sp³-hybridized carbons (Fsp3) is 0.967. The Morgan fingerprint density at radius 3 is 1.15 bits per heavy atom. The molecule has 0 aromatic rings. The van der Waals surface area contributed by atoms with E-state index in [2.05, 4.69) is 20.8 Å². The minimum Gasteiger partial charge on any atom is -0.450 e. The Morgan fingerprint density at radius 1 is 0.515 bits per heavy atom. The van der Waals surface area contributed by atoms with Crippen LogP contribution in [0.1, 0.15) is 175 Å². The van der Waals surface area contributed by atoms with Crippen molar-refractivity contribution in [2.24, 2.45) is 5.41 Å². The minimum absolute atomic E-state index is 0.358. The van der Waals surface area contributed by atoms with Gasteiger partial charge in [-0.25, -0.2) is 4.79 Å². The zero-order valence-electron chi connectivity index (χ0n) is 22.9. The van der Waals surface area contributed by atoms with Crippen LogP contribution >= 0.6 is 0 Å². The van der Waals surface area contributed by atoms with Gasteiger partial charge in [0.1, 0.15) is 0 Å². The normalized spacial score (nSPS) is 11.7. The highest BCUT2D eigenvalue weighted by Gasteiger charge is 2.28. The van der Waals surface area contributed by atoms with Crippen molar-refractivity contribution in [1.82, 2.24) is 0 Å². The van der Waals surface area contributed by atoms with Gasteiger partial charge in [-0.05, 0) is 43.9 Å². The van der Waals surface area contributed by atoms with Gasteiger partial charge in [-0.15, -0.1) is 0 Å². The Morgan fingerprint density at radius 2 is 0.818 bits per heavy atom. The molecule has 3 heteroatoms. The summed E-state index contributed by atoms with van der Waals surface area (Å²) >= 11 is 0. The molecule has 33 heavy (non-hydrogen) atoms. The van der Waals surface area contributed by atoms with Crippen molar-refractivity contribution in [3.8, 4) is 0 Å². The molecule has 0 aromatic carbocycles. The van der Waals surface area contributed by atoms with E-state index in [1.54, 1.807) is 0 Å². The third kappa shape index (κ3) is 21.5. The van der Waals surface area contributed by atoms with Crippen LogP contribution in [0, 0.1) is 5.41 Å². The molecule has 0 heterocycles. The highest BCUT2D eigenvalue weighted by Crippen LogP contribution is 2.42. The van der Waals surface area contributed by atoms with Gasteiger partial charge in [-0.2, -0.15) is 0 Å². The van der Waals surface area contributed by atoms with Gasteiger partial charge in [0.2, 0.25) is 0 Å². The SMILES string of the molecule is CCCCCCCCC(CCCCCCCC)(CCCCCCCC)CCCCOC(=O)O. The van der Waals surface area contributed by atoms with Gasteiger partial charge in [-0.1, -0.05) is 136 Å². The number of carbonyl (C=O) groups is 1. The molecule has 0 fully saturated rings. The molecule has 0 unspecified atom stereocenters. The predicted octanol–water partition coefficient (Wildman–Crippen LogP) is 11.1. The maximum absolute atomic E-state index is 10.7. The highest BCUT2D eigenvalue weighted by molar-refractivity contribution is 5.56. The summed E-state index contributed by atoms with van der Waals surface area (Å²) < 4.78 is 4.78. The molecule has 0 aliphatic heterocycles. The zero-order valence-corrected chi connectivity index (χ0v) is 22.9. The lowest BCUT2D eigenvalue weighted by Crippen LogP contribution is -2.22. The maximum atomic E-state index is 10.7. The van der Waals surface area contributed by atoms with Crippen LogP contribution < -0.4 is 0 Å². The number of hydrogen-bond donors (Lipinski definition) is 1. The zero-order chi connectivity index (χ0) is 24.5. The first-order valence-electron chi connectivity index (χ1n) is 15.0. The van der Waals surface area contributed by atoms with E-state index >= 15 is 0 Å². The number of unbranched alkanes of at least 4 members (excludes halogenated alkanes) is 16. The van der Waals surface area contributed by atoms with Crippen molar-refractivity contribution in [1.29, 1.82) is 0 Å². The first kappa shape index (κ1) is 32.3. The van der Waals surface area contributed by atoms with E-state index in [-0.39, 0.29) is 0 Å². The van der Waals surface area contributed by atoms with Crippen molar-refractivity contribution in [3.05, 3.63) is 0 Å². The molecule has 0 amide bonds. The summed E-state index contributed by atoms with van der Waals surface area (Å²) in [5, 5.41) is 8.76. The topological polar surface area (TPSA) is 46.5 Å². The van der Waals surface area contributed by atoms with Crippen LogP contribution in [0.3, 0.4) is 0 Å². The lowest BCUT2D eigenvalue weighted by molar-refractivity contribution is 0.0875. The van der Waals surface area contributed by atoms with Crippen molar-refractivity contribution < 1.29 is 14.6 Å². The lowest BCUT2D eigenvalue weighted by Gasteiger charge is -2.35. The molecule has 0 aromatic heterocycles. The fourth-order valence-electron chi connectivity index (χ4n) is 5.35. The number of carboxylic acid groups (broad SMARTS) is 1. The Bertz CT molecular complexity index is 367. The molecule has 0 radical (unpaired) electrons. The van der Waals surface area contributed by atoms with E-state index in [1.165, 1.54) is 141 Å². The second kappa shape index (κ2) is 24.4. The fourth-order valence-corrected chi connectivity index (χ4v) is 5.35. The smallest absolute Gasteiger partial charge is 0.450 e. The first-order chi connectivity index (χ1) is 16.1. The molecule has 3 nitrogen and oxygen atoms in total. The molecule has 0 saturated carbocycles. The largest absolute Gasteiger partial charge is 0.505 e. The molecule has 0 rings (SSSR count). The highest BCUT2D eigenvalue weighted by atomic mass is 16.7. The molecule has 1 N–H and O–H groups in total. The molecule has 0 spiro atoms. The summed E-state index contributed by atoms with van der Waals surface area (Å²) in [4.78, 5) is 10.7. The Labute approximate surface area is 207 Å². The second-order valence-corrected chi connectivity index (χ2v) is 10.6. The van der Waals surface area contributed by atoms with Crippen molar-refractivity contribution in [2.45, 2.75) is 175 Å². The Hall–Kier alpha value is -0.730. The van der Waals surface area contributed by atoms with Crippen LogP contribution in [0.15, 0.2) is 0 Å². The van der Waals surface area contributed by atoms with E-state index in [1.807, 2.05) is 0 Å². The maximum Gasteiger partial charge on any atom is 0.505 e. The second-order valence-electron chi connectivity index (χ2n) is 10.6. The molecular weight excluding hydrogens is 408 g/mol. The van der Waals surface area contributed by atoms with E-state index in [0.717, 1.165) is 12.8 Å². The van der Waals surface area contributed by atoms with Crippen LogP contribution in [-0.4, -0.2) is 17.9 Å². The first-order valence-corrected chi connectivity index (χ1v) is 15.0. The van der Waals surface area contributed by atoms with Crippen LogP contribution in [0.2, 0.25) is 0 Å². The number of rotatable bonds is 26. The quantitative estimate of drug-likeness (QED) is 0.101. The summed E-state index contributed by atoms with van der Waals surface area (Å²) in [6.07, 6.45) is 31.0. The molecule has 0 aliphatic rings. The van der Waals surface area contributed by atoms with E-state index in [9.17, 15) is 4.79 Å². The third-order valence-electron chi connectivity index (χ3n) is 7.51. The summed E-state index contributed by atoms with van der Waals surface area (Å²) in [6.45, 7) is 7.23. The van der Waals surface area contributed by atoms with Gasteiger partial charge < -0.3 is 9.84 Å². The Kier molecular flexibility index (Phi) is 23.9. The van der Waals surface area contributed by atoms with Crippen LogP contribution in [0.4, 0.5) is 4.79 Å². The average molecular weight is 469 g/mol. The van der Waals surface area contributed by atoms with Gasteiger partial charge >= 0.3 is 6.16 Å². The third-order valence-corrected chi connectivity index (χ3v) is 7.51. The van der Waals surface area contributed by atoms with Gasteiger partial charge in [-0.3, -0.25) is 0 Å². The van der Waals surface area contributed by atoms with Crippen LogP contribution in [0.25, 0.3) is 0 Å². The van der Waals surface area contributed by atoms with Crippen molar-refractivity contribution in [2.75, 3.05) is 6.61 Å². The molecule has 198 valence electrons. The van der Waals surface area contributed by atoms with Crippen LogP contribution in [-0.2, 0) is 4.74 Å². The minimum atomic E-state index is -1.13. The van der Waals surface area contributed by atoms with Gasteiger partial charge in [0.15, 0.2) is 0 Å². The molecule has 0 atom stereocenters. The molecular formula is C30H60O3. The van der Waals surface area contributed by atoms with E-state index in [0.29, 0.717) is 12.0 Å². The van der Waals surface area contributed by atoms with Gasteiger partial charge in [0, 0.05) is 0 Å². The molecule has 0 bridgehead atoms. The molecule has 0 saturated heterocycles. The van der Waals surface area contributed by atoms with E-state index in [4.69, 9.17) is 9.84 Å². The molecule has 0 aliphatic carbocycles. The lowest BCUT2D eigenvalue weighted by atomic mass is 9.70. The Balaban J connectivity index is 4.79. The average Bonchev–Trinajstić information content (AvgIpc) is 2.80. The predicted molar refractivity (Wildman–Crippen MR) is 144 cm³/mol. The van der Waals surface area contributed by atoms with Crippen LogP contribution in [0.5, 0.6) is 0 Å². The summed E-state index contributed by atoms with van der Waals surface area (Å²) in [5.41, 5.74) is 0.476. The summed E-state index contributed by atoms with van der Waals surface area (Å²) in [5.74, 6) is 0. The number of ether oxygens (including phenoxy) is 1. The standard InChI is InChI=1S/C30H60O3/c1-4-7-10-13-16-19-24-30(25-20-17-14-11-8-5-2,26-21-18-15-12-9-6-3)27-22-23-28-33-29(31)32/h4-28H2,1-3H3,(H,31,32). The monoisotopic (exact) mass is 468 g/mol. The van der Waals surface area contributed by atoms with Gasteiger partial charge in [0.05, 0.1) is 6.61 Å². The van der Waals surface area contributed by atoms with Crippen molar-refractivity contribution >= 4 is 6.16 Å². The summed E-state index contributed by atoms with van der Waals surface area (Å²) in [6, 6.07) is 0. The van der Waals surface area contributed by atoms with Crippen molar-refractivity contribution in [3.63, 3.8) is 0 Å². The van der Waals surface area contributed by atoms with E-state index < -0.39 is 6.16 Å².